The number of aliphatic imine (C=N–C) groups is 1. The minimum Gasteiger partial charge on any atom is -0.494 e. The zero-order valence-corrected chi connectivity index (χ0v) is 17.5. The highest BCUT2D eigenvalue weighted by Crippen LogP contribution is 2.29. The van der Waals surface area contributed by atoms with Crippen LogP contribution in [0.1, 0.15) is 22.7 Å². The summed E-state index contributed by atoms with van der Waals surface area (Å²) in [6, 6.07) is 7.74. The number of ether oxygens (including phenoxy) is 1. The molecule has 1 heterocycles. The highest BCUT2D eigenvalue weighted by atomic mass is 32.1. The molecule has 29 heavy (non-hydrogen) atoms. The van der Waals surface area contributed by atoms with Gasteiger partial charge in [0.1, 0.15) is 10.8 Å². The van der Waals surface area contributed by atoms with E-state index in [1.807, 2.05) is 38.4 Å². The highest BCUT2D eigenvalue weighted by Gasteiger charge is 2.33. The van der Waals surface area contributed by atoms with Crippen LogP contribution in [0.3, 0.4) is 0 Å². The minimum atomic E-state index is -4.42. The monoisotopic (exact) mass is 429 g/mol. The Labute approximate surface area is 172 Å². The van der Waals surface area contributed by atoms with Crippen LogP contribution in [-0.2, 0) is 19.3 Å². The lowest BCUT2D eigenvalue weighted by Crippen LogP contribution is -2.36. The van der Waals surface area contributed by atoms with E-state index in [4.69, 9.17) is 4.74 Å². The number of benzene rings is 1. The standard InChI is InChI=1S/C19H26F3N5OS/c1-23-18(25-12-17-26-16(13-29-17)19(20,21)22)24-11-14-5-7-15(8-6-14)28-10-4-9-27(2)3/h5-8,13H,4,9-12H2,1-3H3,(H2,23,24,25). The van der Waals surface area contributed by atoms with E-state index in [-0.39, 0.29) is 6.54 Å². The smallest absolute Gasteiger partial charge is 0.434 e. The van der Waals surface area contributed by atoms with E-state index in [2.05, 4.69) is 25.5 Å². The average molecular weight is 430 g/mol. The molecule has 160 valence electrons. The van der Waals surface area contributed by atoms with Gasteiger partial charge in [-0.25, -0.2) is 4.98 Å². The molecule has 2 N–H and O–H groups in total. The Bertz CT molecular complexity index is 775. The molecular formula is C19H26F3N5OS. The second kappa shape index (κ2) is 11.0. The van der Waals surface area contributed by atoms with Gasteiger partial charge in [0.05, 0.1) is 13.2 Å². The van der Waals surface area contributed by atoms with Gasteiger partial charge in [0, 0.05) is 25.5 Å². The topological polar surface area (TPSA) is 61.8 Å². The maximum Gasteiger partial charge on any atom is 0.434 e. The number of nitrogens with zero attached hydrogens (tertiary/aromatic N) is 3. The van der Waals surface area contributed by atoms with Crippen molar-refractivity contribution in [2.24, 2.45) is 4.99 Å². The maximum atomic E-state index is 12.6. The normalized spacial score (nSPS) is 12.3. The summed E-state index contributed by atoms with van der Waals surface area (Å²) in [5.74, 6) is 1.30. The summed E-state index contributed by atoms with van der Waals surface area (Å²) in [4.78, 5) is 9.78. The first kappa shape index (κ1) is 23.0. The van der Waals surface area contributed by atoms with Gasteiger partial charge < -0.3 is 20.3 Å². The van der Waals surface area contributed by atoms with E-state index in [1.54, 1.807) is 7.05 Å². The van der Waals surface area contributed by atoms with E-state index in [9.17, 15) is 13.2 Å². The lowest BCUT2D eigenvalue weighted by Gasteiger charge is -2.12. The molecule has 0 unspecified atom stereocenters. The van der Waals surface area contributed by atoms with Crippen molar-refractivity contribution in [3.63, 3.8) is 0 Å². The maximum absolute atomic E-state index is 12.6. The van der Waals surface area contributed by atoms with Crippen LogP contribution in [0.25, 0.3) is 0 Å². The molecule has 0 atom stereocenters. The number of guanidine groups is 1. The number of thiazole rings is 1. The molecule has 2 rings (SSSR count). The Morgan fingerprint density at radius 3 is 2.45 bits per heavy atom. The van der Waals surface area contributed by atoms with Crippen LogP contribution in [0.2, 0.25) is 0 Å². The van der Waals surface area contributed by atoms with Crippen LogP contribution in [0, 0.1) is 0 Å². The first-order valence-electron chi connectivity index (χ1n) is 9.10. The van der Waals surface area contributed by atoms with E-state index < -0.39 is 11.9 Å². The Kier molecular flexibility index (Phi) is 8.71. The molecule has 0 bridgehead atoms. The molecule has 0 spiro atoms. The Hall–Kier alpha value is -2.33. The quantitative estimate of drug-likeness (QED) is 0.364. The van der Waals surface area contributed by atoms with Gasteiger partial charge in [0.2, 0.25) is 0 Å². The van der Waals surface area contributed by atoms with Crippen molar-refractivity contribution in [1.29, 1.82) is 0 Å². The largest absolute Gasteiger partial charge is 0.494 e. The minimum absolute atomic E-state index is 0.167. The predicted octanol–water partition coefficient (Wildman–Crippen LogP) is 3.36. The fraction of sp³-hybridized carbons (Fsp3) is 0.474. The number of nitrogens with one attached hydrogen (secondary N) is 2. The second-order valence-corrected chi connectivity index (χ2v) is 7.50. The van der Waals surface area contributed by atoms with Crippen molar-refractivity contribution >= 4 is 17.3 Å². The van der Waals surface area contributed by atoms with Gasteiger partial charge >= 0.3 is 6.18 Å². The SMILES string of the molecule is CN=C(NCc1ccc(OCCCN(C)C)cc1)NCc1nc(C(F)(F)F)cs1. The number of rotatable bonds is 9. The van der Waals surface area contributed by atoms with E-state index in [0.29, 0.717) is 24.1 Å². The molecule has 1 aromatic heterocycles. The lowest BCUT2D eigenvalue weighted by atomic mass is 10.2. The first-order valence-corrected chi connectivity index (χ1v) is 9.98. The zero-order chi connectivity index (χ0) is 21.3. The summed E-state index contributed by atoms with van der Waals surface area (Å²) in [5.41, 5.74) is 0.161. The molecule has 10 heteroatoms. The number of alkyl halides is 3. The summed E-state index contributed by atoms with van der Waals surface area (Å²) in [6.45, 7) is 2.33. The predicted molar refractivity (Wildman–Crippen MR) is 109 cm³/mol. The van der Waals surface area contributed by atoms with Crippen molar-refractivity contribution < 1.29 is 17.9 Å². The third-order valence-corrected chi connectivity index (χ3v) is 4.72. The average Bonchev–Trinajstić information content (AvgIpc) is 3.16. The highest BCUT2D eigenvalue weighted by molar-refractivity contribution is 7.09. The van der Waals surface area contributed by atoms with E-state index in [1.165, 1.54) is 0 Å². The van der Waals surface area contributed by atoms with Gasteiger partial charge in [-0.1, -0.05) is 12.1 Å². The second-order valence-electron chi connectivity index (χ2n) is 6.55. The van der Waals surface area contributed by atoms with Crippen molar-refractivity contribution in [1.82, 2.24) is 20.5 Å². The molecule has 0 amide bonds. The van der Waals surface area contributed by atoms with Crippen molar-refractivity contribution in [3.8, 4) is 5.75 Å². The Morgan fingerprint density at radius 1 is 1.17 bits per heavy atom. The van der Waals surface area contributed by atoms with Gasteiger partial charge in [0.25, 0.3) is 0 Å². The summed E-state index contributed by atoms with van der Waals surface area (Å²) in [7, 11) is 5.66. The molecule has 2 aromatic rings. The molecule has 0 saturated heterocycles. The molecule has 0 aliphatic carbocycles. The third kappa shape index (κ3) is 8.28. The van der Waals surface area contributed by atoms with Crippen molar-refractivity contribution in [2.45, 2.75) is 25.7 Å². The van der Waals surface area contributed by atoms with Gasteiger partial charge in [-0.3, -0.25) is 4.99 Å². The third-order valence-electron chi connectivity index (χ3n) is 3.87. The van der Waals surface area contributed by atoms with Crippen LogP contribution in [0.5, 0.6) is 5.75 Å². The molecule has 0 aliphatic heterocycles. The lowest BCUT2D eigenvalue weighted by molar-refractivity contribution is -0.140. The fourth-order valence-electron chi connectivity index (χ4n) is 2.36. The van der Waals surface area contributed by atoms with E-state index >= 15 is 0 Å². The van der Waals surface area contributed by atoms with Crippen LogP contribution in [0.4, 0.5) is 13.2 Å². The summed E-state index contributed by atoms with van der Waals surface area (Å²) < 4.78 is 43.5. The van der Waals surface area contributed by atoms with Gasteiger partial charge in [-0.2, -0.15) is 13.2 Å². The summed E-state index contributed by atoms with van der Waals surface area (Å²) in [6.07, 6.45) is -3.46. The number of hydrogen-bond acceptors (Lipinski definition) is 5. The molecule has 0 aliphatic rings. The fourth-order valence-corrected chi connectivity index (χ4v) is 3.10. The molecule has 0 fully saturated rings. The van der Waals surface area contributed by atoms with Gasteiger partial charge in [-0.15, -0.1) is 11.3 Å². The van der Waals surface area contributed by atoms with Crippen molar-refractivity contribution in [3.05, 3.63) is 45.9 Å². The molecule has 0 radical (unpaired) electrons. The zero-order valence-electron chi connectivity index (χ0n) is 16.7. The molecule has 0 saturated carbocycles. The van der Waals surface area contributed by atoms with Gasteiger partial charge in [-0.05, 0) is 38.2 Å². The molecular weight excluding hydrogens is 403 g/mol. The Balaban J connectivity index is 1.75. The van der Waals surface area contributed by atoms with E-state index in [0.717, 1.165) is 41.0 Å². The first-order chi connectivity index (χ1) is 13.8. The van der Waals surface area contributed by atoms with Crippen molar-refractivity contribution in [2.75, 3.05) is 34.3 Å². The van der Waals surface area contributed by atoms with Gasteiger partial charge in [0.15, 0.2) is 11.7 Å². The molecule has 1 aromatic carbocycles. The van der Waals surface area contributed by atoms with Crippen LogP contribution < -0.4 is 15.4 Å². The van der Waals surface area contributed by atoms with Crippen LogP contribution in [-0.4, -0.2) is 50.1 Å². The summed E-state index contributed by atoms with van der Waals surface area (Å²) >= 11 is 0.962. The summed E-state index contributed by atoms with van der Waals surface area (Å²) in [5, 5.41) is 7.45. The van der Waals surface area contributed by atoms with Crippen LogP contribution >= 0.6 is 11.3 Å². The number of hydrogen-bond donors (Lipinski definition) is 2. The molecule has 6 nitrogen and oxygen atoms in total. The van der Waals surface area contributed by atoms with Crippen LogP contribution in [0.15, 0.2) is 34.6 Å². The Morgan fingerprint density at radius 2 is 1.86 bits per heavy atom. The number of aromatic nitrogens is 1. The number of halogens is 3.